The molecule has 0 saturated carbocycles. The molecule has 1 aliphatic carbocycles. The summed E-state index contributed by atoms with van der Waals surface area (Å²) in [6.07, 6.45) is 9.02. The van der Waals surface area contributed by atoms with Crippen molar-refractivity contribution in [3.8, 4) is 27.9 Å². The van der Waals surface area contributed by atoms with E-state index in [9.17, 15) is 4.79 Å². The standard InChI is InChI=1S/C49H32N2O2/c52-49-43-30-31(19-23-37(43)39-16-8-10-18-48(39)53-49)33-21-25-46-41(28-33)42-29-34(22-26-47(42)51(46)36-13-5-2-6-14-36)32-20-24-45-40(27-32)38-15-7-9-17-44(38)50(45)35-11-3-1-4-12-35/h2-3,5-30H,1,4H2. The highest BCUT2D eigenvalue weighted by atomic mass is 16.4. The number of hydrogen-bond acceptors (Lipinski definition) is 2. The van der Waals surface area contributed by atoms with Crippen LogP contribution in [0.25, 0.3) is 99.0 Å². The summed E-state index contributed by atoms with van der Waals surface area (Å²) in [7, 11) is 0. The number of allylic oxidation sites excluding steroid dienone is 4. The van der Waals surface area contributed by atoms with Crippen LogP contribution in [0.3, 0.4) is 0 Å². The van der Waals surface area contributed by atoms with Crippen LogP contribution in [0.5, 0.6) is 0 Å². The Morgan fingerprint density at radius 2 is 0.981 bits per heavy atom. The lowest BCUT2D eigenvalue weighted by atomic mass is 9.98. The van der Waals surface area contributed by atoms with Crippen molar-refractivity contribution < 1.29 is 4.42 Å². The van der Waals surface area contributed by atoms with Crippen molar-refractivity contribution in [3.05, 3.63) is 180 Å². The molecule has 0 amide bonds. The fourth-order valence-corrected chi connectivity index (χ4v) is 8.49. The summed E-state index contributed by atoms with van der Waals surface area (Å²) in [5, 5.41) is 7.26. The molecule has 0 radical (unpaired) electrons. The first kappa shape index (κ1) is 29.8. The fourth-order valence-electron chi connectivity index (χ4n) is 8.49. The van der Waals surface area contributed by atoms with E-state index in [0.717, 1.165) is 56.8 Å². The van der Waals surface area contributed by atoms with Gasteiger partial charge in [-0.3, -0.25) is 0 Å². The van der Waals surface area contributed by atoms with E-state index in [1.807, 2.05) is 36.4 Å². The van der Waals surface area contributed by atoms with E-state index < -0.39 is 0 Å². The molecule has 3 heterocycles. The summed E-state index contributed by atoms with van der Waals surface area (Å²) < 4.78 is 10.5. The van der Waals surface area contributed by atoms with Crippen LogP contribution in [0, 0.1) is 0 Å². The Morgan fingerprint density at radius 1 is 0.434 bits per heavy atom. The number of fused-ring (bicyclic) bond motifs is 9. The normalized spacial score (nSPS) is 13.2. The Labute approximate surface area is 304 Å². The van der Waals surface area contributed by atoms with Gasteiger partial charge in [-0.2, -0.15) is 0 Å². The Hall–Kier alpha value is -6.91. The van der Waals surface area contributed by atoms with Gasteiger partial charge in [-0.1, -0.05) is 97.1 Å². The van der Waals surface area contributed by atoms with Crippen molar-refractivity contribution in [3.63, 3.8) is 0 Å². The van der Waals surface area contributed by atoms with E-state index in [2.05, 4.69) is 143 Å². The van der Waals surface area contributed by atoms with E-state index in [1.54, 1.807) is 0 Å². The van der Waals surface area contributed by atoms with Crippen LogP contribution in [-0.2, 0) is 0 Å². The third-order valence-electron chi connectivity index (χ3n) is 11.0. The lowest BCUT2D eigenvalue weighted by molar-refractivity contribution is 0.569. The predicted octanol–water partition coefficient (Wildman–Crippen LogP) is 12.7. The van der Waals surface area contributed by atoms with Crippen LogP contribution in [0.4, 0.5) is 0 Å². The maximum Gasteiger partial charge on any atom is 0.344 e. The molecule has 4 heteroatoms. The summed E-state index contributed by atoms with van der Waals surface area (Å²) in [4.78, 5) is 13.2. The zero-order valence-corrected chi connectivity index (χ0v) is 28.8. The zero-order chi connectivity index (χ0) is 35.0. The molecule has 0 saturated heterocycles. The van der Waals surface area contributed by atoms with Gasteiger partial charge in [0.05, 0.1) is 27.5 Å². The first-order valence-electron chi connectivity index (χ1n) is 18.2. The van der Waals surface area contributed by atoms with Crippen molar-refractivity contribution in [2.24, 2.45) is 0 Å². The second-order valence-corrected chi connectivity index (χ2v) is 14.0. The number of nitrogens with zero attached hydrogens (tertiary/aromatic N) is 2. The van der Waals surface area contributed by atoms with Gasteiger partial charge in [0.25, 0.3) is 0 Å². The maximum absolute atomic E-state index is 13.2. The average molecular weight is 681 g/mol. The van der Waals surface area contributed by atoms with Crippen molar-refractivity contribution >= 4 is 71.1 Å². The van der Waals surface area contributed by atoms with Gasteiger partial charge in [0.1, 0.15) is 5.58 Å². The second kappa shape index (κ2) is 11.6. The van der Waals surface area contributed by atoms with Crippen molar-refractivity contribution in [2.45, 2.75) is 12.8 Å². The Bertz CT molecular complexity index is 3250. The molecule has 53 heavy (non-hydrogen) atoms. The largest absolute Gasteiger partial charge is 0.422 e. The van der Waals surface area contributed by atoms with E-state index in [0.29, 0.717) is 11.0 Å². The minimum Gasteiger partial charge on any atom is -0.422 e. The first-order valence-corrected chi connectivity index (χ1v) is 18.2. The fraction of sp³-hybridized carbons (Fsp3) is 0.0408. The topological polar surface area (TPSA) is 40.1 Å². The minimum atomic E-state index is -0.320. The molecule has 7 aromatic carbocycles. The summed E-state index contributed by atoms with van der Waals surface area (Å²) in [5.41, 5.74) is 11.7. The molecular formula is C49H32N2O2. The summed E-state index contributed by atoms with van der Waals surface area (Å²) in [6.45, 7) is 0. The van der Waals surface area contributed by atoms with Crippen LogP contribution in [-0.4, -0.2) is 9.13 Å². The molecular weight excluding hydrogens is 649 g/mol. The smallest absolute Gasteiger partial charge is 0.344 e. The number of rotatable bonds is 4. The molecule has 0 fully saturated rings. The number of para-hydroxylation sites is 3. The monoisotopic (exact) mass is 680 g/mol. The van der Waals surface area contributed by atoms with Crippen molar-refractivity contribution in [2.75, 3.05) is 0 Å². The lowest BCUT2D eigenvalue weighted by Gasteiger charge is -2.12. The molecule has 0 aliphatic heterocycles. The van der Waals surface area contributed by atoms with Crippen LogP contribution < -0.4 is 5.63 Å². The third kappa shape index (κ3) is 4.59. The highest BCUT2D eigenvalue weighted by Gasteiger charge is 2.18. The van der Waals surface area contributed by atoms with Gasteiger partial charge >= 0.3 is 5.63 Å². The van der Waals surface area contributed by atoms with E-state index >= 15 is 0 Å². The number of benzene rings is 7. The van der Waals surface area contributed by atoms with Gasteiger partial charge in [0.2, 0.25) is 0 Å². The van der Waals surface area contributed by atoms with Gasteiger partial charge in [-0.25, -0.2) is 4.79 Å². The van der Waals surface area contributed by atoms with Gasteiger partial charge in [-0.15, -0.1) is 0 Å². The summed E-state index contributed by atoms with van der Waals surface area (Å²) >= 11 is 0. The molecule has 4 nitrogen and oxygen atoms in total. The van der Waals surface area contributed by atoms with E-state index in [-0.39, 0.29) is 5.63 Å². The molecule has 0 N–H and O–H groups in total. The zero-order valence-electron chi connectivity index (χ0n) is 28.8. The van der Waals surface area contributed by atoms with Gasteiger partial charge in [-0.05, 0) is 113 Å². The molecule has 11 rings (SSSR count). The Morgan fingerprint density at radius 3 is 1.66 bits per heavy atom. The highest BCUT2D eigenvalue weighted by Crippen LogP contribution is 2.40. The second-order valence-electron chi connectivity index (χ2n) is 14.0. The first-order chi connectivity index (χ1) is 26.2. The van der Waals surface area contributed by atoms with Crippen molar-refractivity contribution in [1.29, 1.82) is 0 Å². The van der Waals surface area contributed by atoms with E-state index in [4.69, 9.17) is 4.42 Å². The number of hydrogen-bond donors (Lipinski definition) is 0. The predicted molar refractivity (Wildman–Crippen MR) is 221 cm³/mol. The van der Waals surface area contributed by atoms with Gasteiger partial charge < -0.3 is 13.6 Å². The molecule has 1 aliphatic rings. The molecule has 250 valence electrons. The van der Waals surface area contributed by atoms with Crippen LogP contribution in [0.1, 0.15) is 12.8 Å². The molecule has 0 unspecified atom stereocenters. The van der Waals surface area contributed by atoms with Crippen molar-refractivity contribution in [1.82, 2.24) is 9.13 Å². The Kier molecular flexibility index (Phi) is 6.49. The van der Waals surface area contributed by atoms with Crippen LogP contribution in [0.2, 0.25) is 0 Å². The third-order valence-corrected chi connectivity index (χ3v) is 11.0. The van der Waals surface area contributed by atoms with Crippen LogP contribution >= 0.6 is 0 Å². The van der Waals surface area contributed by atoms with Crippen LogP contribution in [0.15, 0.2) is 179 Å². The summed E-state index contributed by atoms with van der Waals surface area (Å²) in [5.74, 6) is 0. The Balaban J connectivity index is 1.11. The SMILES string of the molecule is O=c1oc2ccccc2c2ccc(-c3ccc4c(c3)c3cc(-c5ccc6c(c5)c5ccccc5n6C5=CCCC=C5)ccc3n4-c3ccccc3)cc12. The number of aromatic nitrogens is 2. The molecule has 0 bridgehead atoms. The van der Waals surface area contributed by atoms with Gasteiger partial charge in [0, 0.05) is 38.3 Å². The minimum absolute atomic E-state index is 0.320. The molecule has 3 aromatic heterocycles. The summed E-state index contributed by atoms with van der Waals surface area (Å²) in [6, 6.07) is 53.5. The molecule has 10 aromatic rings. The molecule has 0 atom stereocenters. The van der Waals surface area contributed by atoms with Gasteiger partial charge in [0.15, 0.2) is 0 Å². The highest BCUT2D eigenvalue weighted by molar-refractivity contribution is 6.14. The lowest BCUT2D eigenvalue weighted by Crippen LogP contribution is -2.00. The maximum atomic E-state index is 13.2. The average Bonchev–Trinajstić information content (AvgIpc) is 3.73. The molecule has 0 spiro atoms. The van der Waals surface area contributed by atoms with E-state index in [1.165, 1.54) is 44.0 Å². The quantitative estimate of drug-likeness (QED) is 0.137.